The molecule has 8 bridgehead atoms. The van der Waals surface area contributed by atoms with E-state index in [0.29, 0.717) is 45.9 Å². The predicted octanol–water partition coefficient (Wildman–Crippen LogP) is 7.87. The van der Waals surface area contributed by atoms with Gasteiger partial charge in [0.15, 0.2) is 23.3 Å². The molecule has 4 aromatic carbocycles. The SMILES string of the molecule is ClCl.[In+3].c1ccc2c(c1)-c1nc-2nc2[nH]c(nc3nc(nc4[nH]c(n1)c1ccccc41)-c1ccccc1-3)c1ccccc21. The Bertz CT molecular complexity index is 2050. The number of nitrogens with zero attached hydrogens (tertiary/aromatic N) is 6. The molecule has 0 aliphatic carbocycles. The zero-order chi connectivity index (χ0) is 28.2. The summed E-state index contributed by atoms with van der Waals surface area (Å²) in [5.74, 6) is 2.39. The average molecular weight is 700 g/mol. The summed E-state index contributed by atoms with van der Waals surface area (Å²) in [7, 11) is 8.22. The van der Waals surface area contributed by atoms with Crippen molar-refractivity contribution in [3.05, 3.63) is 97.1 Å². The van der Waals surface area contributed by atoms with Crippen molar-refractivity contribution in [1.29, 1.82) is 0 Å². The molecule has 0 unspecified atom stereocenters. The van der Waals surface area contributed by atoms with Gasteiger partial charge in [-0.25, -0.2) is 29.9 Å². The average Bonchev–Trinajstić information content (AvgIpc) is 3.78. The van der Waals surface area contributed by atoms with Gasteiger partial charge in [-0.3, -0.25) is 0 Å². The van der Waals surface area contributed by atoms with Crippen LogP contribution in [0.4, 0.5) is 0 Å². The third kappa shape index (κ3) is 4.47. The van der Waals surface area contributed by atoms with Gasteiger partial charge in [-0.1, -0.05) is 97.1 Å². The van der Waals surface area contributed by atoms with Crippen LogP contribution in [0.25, 0.3) is 89.7 Å². The fraction of sp³-hybridized carbons (Fsp3) is 0. The zero-order valence-corrected chi connectivity index (χ0v) is 27.1. The van der Waals surface area contributed by atoms with E-state index in [0.717, 1.165) is 43.8 Å². The van der Waals surface area contributed by atoms with Crippen LogP contribution >= 0.6 is 21.7 Å². The molecular weight excluding hydrogens is 682 g/mol. The van der Waals surface area contributed by atoms with Gasteiger partial charge in [0.1, 0.15) is 22.6 Å². The number of hydrogen-bond donors (Lipinski definition) is 2. The van der Waals surface area contributed by atoms with E-state index in [1.165, 1.54) is 0 Å². The van der Waals surface area contributed by atoms with Gasteiger partial charge in [-0.05, 0) is 0 Å². The van der Waals surface area contributed by atoms with Crippen molar-refractivity contribution < 1.29 is 0 Å². The van der Waals surface area contributed by atoms with E-state index in [-0.39, 0.29) is 25.8 Å². The van der Waals surface area contributed by atoms with Crippen LogP contribution in [-0.2, 0) is 0 Å². The second-order valence-electron chi connectivity index (χ2n) is 9.79. The maximum Gasteiger partial charge on any atom is 3.00 e. The second kappa shape index (κ2) is 11.1. The van der Waals surface area contributed by atoms with Gasteiger partial charge in [0.05, 0.1) is 0 Å². The molecule has 5 heterocycles. The summed E-state index contributed by atoms with van der Waals surface area (Å²) >= 11 is 0. The van der Waals surface area contributed by atoms with Crippen molar-refractivity contribution in [2.45, 2.75) is 0 Å². The Balaban J connectivity index is 0.000000981. The normalized spacial score (nSPS) is 11.3. The molecule has 0 atom stereocenters. The van der Waals surface area contributed by atoms with Crippen LogP contribution in [0.15, 0.2) is 97.1 Å². The first-order chi connectivity index (χ1) is 20.8. The number of benzene rings is 4. The van der Waals surface area contributed by atoms with Crippen molar-refractivity contribution in [3.63, 3.8) is 0 Å². The number of hydrogen-bond acceptors (Lipinski definition) is 6. The molecule has 0 fully saturated rings. The van der Waals surface area contributed by atoms with Gasteiger partial charge in [0, 0.05) is 65.5 Å². The Morgan fingerprint density at radius 3 is 0.837 bits per heavy atom. The molecule has 0 amide bonds. The fourth-order valence-corrected chi connectivity index (χ4v) is 5.59. The Labute approximate surface area is 272 Å². The minimum Gasteiger partial charge on any atom is -0.324 e. The van der Waals surface area contributed by atoms with Gasteiger partial charge in [-0.2, -0.15) is 0 Å². The fourth-order valence-electron chi connectivity index (χ4n) is 5.59. The standard InChI is InChI=1S/C32H18N8.Cl2.In/c1-2-10-18-17(9-1)25-33-26(18)38-28-21-13-5-6-14-22(21)30(35-28)40-32-24-16-8-7-15-23(24)31(36-32)39-29-20-12-4-3-11-19(20)27(34-29)37-25;1-2;/h1-16H,(H2,33,34,35,36,37,38,39,40);;/q;;+3. The van der Waals surface area contributed by atoms with Crippen molar-refractivity contribution in [3.8, 4) is 45.6 Å². The van der Waals surface area contributed by atoms with Crippen LogP contribution in [0.1, 0.15) is 0 Å². The molecule has 0 saturated carbocycles. The molecule has 43 heavy (non-hydrogen) atoms. The Morgan fingerprint density at radius 2 is 0.581 bits per heavy atom. The van der Waals surface area contributed by atoms with E-state index in [2.05, 4.69) is 31.7 Å². The molecule has 200 valence electrons. The zero-order valence-electron chi connectivity index (χ0n) is 22.3. The first kappa shape index (κ1) is 27.5. The summed E-state index contributed by atoms with van der Waals surface area (Å²) in [6, 6.07) is 32.2. The van der Waals surface area contributed by atoms with Crippen LogP contribution in [0.5, 0.6) is 0 Å². The minimum absolute atomic E-state index is 0. The van der Waals surface area contributed by atoms with Gasteiger partial charge < -0.3 is 9.97 Å². The molecule has 11 heteroatoms. The Kier molecular flexibility index (Phi) is 7.09. The van der Waals surface area contributed by atoms with Crippen LogP contribution < -0.4 is 0 Å². The maximum absolute atomic E-state index is 5.02. The number of fused-ring (bicyclic) bond motifs is 20. The van der Waals surface area contributed by atoms with E-state index in [1.807, 2.05) is 97.1 Å². The van der Waals surface area contributed by atoms with E-state index in [4.69, 9.17) is 29.9 Å². The van der Waals surface area contributed by atoms with Crippen molar-refractivity contribution in [2.24, 2.45) is 0 Å². The first-order valence-corrected chi connectivity index (χ1v) is 14.3. The number of halogens is 2. The maximum atomic E-state index is 5.02. The minimum atomic E-state index is 0. The van der Waals surface area contributed by atoms with Crippen LogP contribution in [0, 0.1) is 0 Å². The largest absolute Gasteiger partial charge is 3.00 e. The van der Waals surface area contributed by atoms with Gasteiger partial charge >= 0.3 is 25.8 Å². The molecule has 2 aliphatic rings. The monoisotopic (exact) mass is 699 g/mol. The summed E-state index contributed by atoms with van der Waals surface area (Å²) in [6.07, 6.45) is 0. The van der Waals surface area contributed by atoms with Crippen LogP contribution in [-0.4, -0.2) is 65.7 Å². The smallest absolute Gasteiger partial charge is 0.324 e. The number of H-pyrrole nitrogens is 2. The third-order valence-electron chi connectivity index (χ3n) is 7.46. The van der Waals surface area contributed by atoms with E-state index >= 15 is 0 Å². The molecule has 8 nitrogen and oxygen atoms in total. The van der Waals surface area contributed by atoms with E-state index in [9.17, 15) is 0 Å². The number of nitrogens with one attached hydrogen (secondary N) is 2. The van der Waals surface area contributed by atoms with E-state index < -0.39 is 0 Å². The topological polar surface area (TPSA) is 109 Å². The summed E-state index contributed by atoms with van der Waals surface area (Å²) in [6.45, 7) is 0. The summed E-state index contributed by atoms with van der Waals surface area (Å²) in [5.41, 5.74) is 6.45. The Hall–Kier alpha value is -4.31. The molecule has 7 aromatic rings. The number of aromatic amines is 2. The van der Waals surface area contributed by atoms with Crippen molar-refractivity contribution in [1.82, 2.24) is 39.9 Å². The van der Waals surface area contributed by atoms with Gasteiger partial charge in [0.2, 0.25) is 0 Å². The van der Waals surface area contributed by atoms with E-state index in [1.54, 1.807) is 0 Å². The molecule has 0 radical (unpaired) electrons. The number of aromatic nitrogens is 8. The van der Waals surface area contributed by atoms with Gasteiger partial charge in [0.25, 0.3) is 0 Å². The molecule has 2 aliphatic heterocycles. The van der Waals surface area contributed by atoms with Crippen molar-refractivity contribution >= 4 is 91.7 Å². The number of rotatable bonds is 0. The predicted molar refractivity (Wildman–Crippen MR) is 174 cm³/mol. The van der Waals surface area contributed by atoms with Crippen LogP contribution in [0.2, 0.25) is 0 Å². The summed E-state index contributed by atoms with van der Waals surface area (Å²) in [5, 5.41) is 3.82. The quantitative estimate of drug-likeness (QED) is 0.167. The first-order valence-electron chi connectivity index (χ1n) is 13.1. The molecule has 2 N–H and O–H groups in total. The van der Waals surface area contributed by atoms with Gasteiger partial charge in [-0.15, -0.1) is 0 Å². The summed E-state index contributed by atoms with van der Waals surface area (Å²) < 4.78 is 0. The summed E-state index contributed by atoms with van der Waals surface area (Å²) in [4.78, 5) is 36.8. The third-order valence-corrected chi connectivity index (χ3v) is 7.46. The molecule has 3 aromatic heterocycles. The molecule has 0 saturated heterocycles. The molecular formula is C32H18Cl2InN8+3. The Morgan fingerprint density at radius 1 is 0.349 bits per heavy atom. The molecule has 0 spiro atoms. The second-order valence-corrected chi connectivity index (χ2v) is 9.79. The van der Waals surface area contributed by atoms with Crippen LogP contribution in [0.3, 0.4) is 0 Å². The van der Waals surface area contributed by atoms with Crippen molar-refractivity contribution in [2.75, 3.05) is 0 Å². The molecule has 9 rings (SSSR count).